The third-order valence-electron chi connectivity index (χ3n) is 11.0. The Morgan fingerprint density at radius 2 is 0.926 bits per heavy atom. The highest BCUT2D eigenvalue weighted by Gasteiger charge is 2.48. The molecule has 2 aliphatic heterocycles. The van der Waals surface area contributed by atoms with Crippen LogP contribution < -0.4 is 10.6 Å². The van der Waals surface area contributed by atoms with E-state index in [1.807, 2.05) is 21.9 Å². The lowest BCUT2D eigenvalue weighted by Gasteiger charge is -2.32. The van der Waals surface area contributed by atoms with E-state index in [4.69, 9.17) is 0 Å². The lowest BCUT2D eigenvalue weighted by atomic mass is 9.96. The number of aromatic nitrogens is 4. The number of nitrogens with zero attached hydrogens (tertiary/aromatic N) is 6. The molecule has 2 amide bonds. The number of nitrogens with one attached hydrogen (secondary N) is 2. The molecule has 4 heterocycles. The monoisotopic (exact) mass is 744 g/mol. The van der Waals surface area contributed by atoms with E-state index in [1.54, 1.807) is 24.3 Å². The Morgan fingerprint density at radius 1 is 0.574 bits per heavy atom. The molecule has 4 aromatic rings. The number of likely N-dealkylation sites (tertiary alicyclic amines) is 2. The van der Waals surface area contributed by atoms with Crippen LogP contribution in [-0.2, 0) is 9.59 Å². The van der Waals surface area contributed by atoms with Gasteiger partial charge in [0.1, 0.15) is 11.6 Å². The van der Waals surface area contributed by atoms with Gasteiger partial charge in [0.2, 0.25) is 23.7 Å². The maximum atomic E-state index is 13.9. The van der Waals surface area contributed by atoms with Gasteiger partial charge in [-0.3, -0.25) is 9.59 Å². The van der Waals surface area contributed by atoms with Crippen LogP contribution in [0.4, 0.5) is 29.5 Å². The molecule has 2 aromatic heterocycles. The smallest absolute Gasteiger partial charge is 0.226 e. The highest BCUT2D eigenvalue weighted by Crippen LogP contribution is 2.50. The van der Waals surface area contributed by atoms with E-state index in [0.717, 1.165) is 89.5 Å². The molecule has 2 N–H and O–H groups in total. The SMILES string of the molecule is O=C([C@@H]1C[C@H]1c1ccccc1F)N1CCC(CNc2ncc(F)cn2)CC1.O=C([C@H]1C[C@@H]1c1ccccc1F)N1CCC(CNc2ncc(F)cn2)CC1. The molecule has 4 atom stereocenters. The van der Waals surface area contributed by atoms with Gasteiger partial charge in [-0.2, -0.15) is 0 Å². The summed E-state index contributed by atoms with van der Waals surface area (Å²) in [6, 6.07) is 13.5. The van der Waals surface area contributed by atoms with Gasteiger partial charge in [-0.25, -0.2) is 37.5 Å². The summed E-state index contributed by atoms with van der Waals surface area (Å²) in [5.41, 5.74) is 1.32. The Morgan fingerprint density at radius 3 is 1.28 bits per heavy atom. The van der Waals surface area contributed by atoms with Crippen LogP contribution in [0, 0.1) is 46.9 Å². The van der Waals surface area contributed by atoms with Crippen molar-refractivity contribution in [3.05, 3.63) is 108 Å². The van der Waals surface area contributed by atoms with E-state index >= 15 is 0 Å². The zero-order valence-electron chi connectivity index (χ0n) is 29.9. The Labute approximate surface area is 311 Å². The van der Waals surface area contributed by atoms with Gasteiger partial charge >= 0.3 is 0 Å². The summed E-state index contributed by atoms with van der Waals surface area (Å²) < 4.78 is 53.4. The summed E-state index contributed by atoms with van der Waals surface area (Å²) >= 11 is 0. The Balaban J connectivity index is 0.000000167. The fourth-order valence-corrected chi connectivity index (χ4v) is 7.64. The summed E-state index contributed by atoms with van der Waals surface area (Å²) in [5, 5.41) is 6.24. The van der Waals surface area contributed by atoms with E-state index in [1.165, 1.54) is 12.1 Å². The van der Waals surface area contributed by atoms with Crippen molar-refractivity contribution in [2.45, 2.75) is 50.4 Å². The highest BCUT2D eigenvalue weighted by molar-refractivity contribution is 5.83. The van der Waals surface area contributed by atoms with E-state index < -0.39 is 11.6 Å². The Kier molecular flexibility index (Phi) is 11.6. The minimum Gasteiger partial charge on any atom is -0.354 e. The molecule has 14 heteroatoms. The minimum atomic E-state index is -0.457. The minimum absolute atomic E-state index is 0.0220. The zero-order chi connectivity index (χ0) is 37.6. The van der Waals surface area contributed by atoms with Gasteiger partial charge in [-0.15, -0.1) is 0 Å². The molecule has 4 fully saturated rings. The fraction of sp³-hybridized carbons (Fsp3) is 0.450. The third-order valence-corrected chi connectivity index (χ3v) is 11.0. The molecule has 0 unspecified atom stereocenters. The first kappa shape index (κ1) is 37.2. The van der Waals surface area contributed by atoms with Crippen LogP contribution in [-0.4, -0.2) is 80.8 Å². The Hall–Kier alpha value is -5.14. The summed E-state index contributed by atoms with van der Waals surface area (Å²) in [6.07, 6.45) is 9.63. The molecule has 0 bridgehead atoms. The first-order valence-electron chi connectivity index (χ1n) is 18.7. The highest BCUT2D eigenvalue weighted by atomic mass is 19.1. The average molecular weight is 745 g/mol. The van der Waals surface area contributed by atoms with Crippen molar-refractivity contribution in [2.75, 3.05) is 49.9 Å². The lowest BCUT2D eigenvalue weighted by molar-refractivity contribution is -0.134. The first-order valence-corrected chi connectivity index (χ1v) is 18.7. The lowest BCUT2D eigenvalue weighted by Crippen LogP contribution is -2.41. The summed E-state index contributed by atoms with van der Waals surface area (Å²) in [5.74, 6) is 0.511. The number of halogens is 4. The summed E-state index contributed by atoms with van der Waals surface area (Å²) in [6.45, 7) is 4.28. The first-order chi connectivity index (χ1) is 26.2. The van der Waals surface area contributed by atoms with E-state index in [9.17, 15) is 27.2 Å². The van der Waals surface area contributed by atoms with Gasteiger partial charge in [0, 0.05) is 51.1 Å². The van der Waals surface area contributed by atoms with Crippen molar-refractivity contribution in [1.82, 2.24) is 29.7 Å². The van der Waals surface area contributed by atoms with Crippen molar-refractivity contribution in [2.24, 2.45) is 23.7 Å². The number of rotatable bonds is 10. The molecule has 54 heavy (non-hydrogen) atoms. The maximum Gasteiger partial charge on any atom is 0.226 e. The number of anilines is 2. The predicted octanol–water partition coefficient (Wildman–Crippen LogP) is 6.42. The molecule has 0 radical (unpaired) electrons. The molecule has 2 saturated carbocycles. The van der Waals surface area contributed by atoms with Crippen LogP contribution >= 0.6 is 0 Å². The molecular formula is C40H44F4N8O2. The molecule has 0 spiro atoms. The molecule has 4 aliphatic rings. The van der Waals surface area contributed by atoms with Crippen LogP contribution in [0.1, 0.15) is 61.5 Å². The molecule has 2 aromatic carbocycles. The fourth-order valence-electron chi connectivity index (χ4n) is 7.64. The van der Waals surface area contributed by atoms with Gasteiger partial charge in [0.25, 0.3) is 0 Å². The molecular weight excluding hydrogens is 700 g/mol. The van der Waals surface area contributed by atoms with E-state index in [0.29, 0.717) is 47.9 Å². The molecule has 2 saturated heterocycles. The number of hydrogen-bond donors (Lipinski definition) is 2. The van der Waals surface area contributed by atoms with Gasteiger partial charge in [-0.05, 0) is 85.5 Å². The van der Waals surface area contributed by atoms with E-state index in [2.05, 4.69) is 30.6 Å². The zero-order valence-corrected chi connectivity index (χ0v) is 29.9. The number of piperidine rings is 2. The van der Waals surface area contributed by atoms with Crippen molar-refractivity contribution in [3.63, 3.8) is 0 Å². The molecule has 10 nitrogen and oxygen atoms in total. The van der Waals surface area contributed by atoms with Gasteiger partial charge in [-0.1, -0.05) is 36.4 Å². The second kappa shape index (κ2) is 16.9. The molecule has 2 aliphatic carbocycles. The van der Waals surface area contributed by atoms with E-state index in [-0.39, 0.29) is 47.1 Å². The van der Waals surface area contributed by atoms with Crippen molar-refractivity contribution in [1.29, 1.82) is 0 Å². The number of benzene rings is 2. The maximum absolute atomic E-state index is 13.9. The third kappa shape index (κ3) is 9.31. The normalized spacial score (nSPS) is 22.5. The topological polar surface area (TPSA) is 116 Å². The average Bonchev–Trinajstić information content (AvgIpc) is 4.14. The number of carbonyl (C=O) groups is 2. The van der Waals surface area contributed by atoms with Crippen LogP contribution in [0.25, 0.3) is 0 Å². The molecule has 8 rings (SSSR count). The number of hydrogen-bond acceptors (Lipinski definition) is 8. The number of amides is 2. The van der Waals surface area contributed by atoms with Crippen molar-refractivity contribution < 1.29 is 27.2 Å². The van der Waals surface area contributed by atoms with Crippen LogP contribution in [0.15, 0.2) is 73.3 Å². The second-order valence-electron chi connectivity index (χ2n) is 14.7. The van der Waals surface area contributed by atoms with Crippen LogP contribution in [0.2, 0.25) is 0 Å². The Bertz CT molecular complexity index is 1750. The van der Waals surface area contributed by atoms with Gasteiger partial charge in [0.15, 0.2) is 11.6 Å². The van der Waals surface area contributed by atoms with Crippen molar-refractivity contribution >= 4 is 23.7 Å². The van der Waals surface area contributed by atoms with Crippen LogP contribution in [0.5, 0.6) is 0 Å². The largest absolute Gasteiger partial charge is 0.354 e. The summed E-state index contributed by atoms with van der Waals surface area (Å²) in [7, 11) is 0. The number of carbonyl (C=O) groups excluding carboxylic acids is 2. The summed E-state index contributed by atoms with van der Waals surface area (Å²) in [4.78, 5) is 44.8. The predicted molar refractivity (Wildman–Crippen MR) is 194 cm³/mol. The second-order valence-corrected chi connectivity index (χ2v) is 14.7. The standard InChI is InChI=1S/2C20H22F2N4O/c2*21-14-11-24-20(25-12-14)23-10-13-5-7-26(8-6-13)19(27)17-9-16(17)15-3-1-2-4-18(15)22/h2*1-4,11-13,16-17H,5-10H2,(H,23,24,25)/t2*16-,17+/m10/s1. The van der Waals surface area contributed by atoms with Crippen LogP contribution in [0.3, 0.4) is 0 Å². The van der Waals surface area contributed by atoms with Crippen molar-refractivity contribution in [3.8, 4) is 0 Å². The molecule has 284 valence electrons. The van der Waals surface area contributed by atoms with Gasteiger partial charge < -0.3 is 20.4 Å². The van der Waals surface area contributed by atoms with Gasteiger partial charge in [0.05, 0.1) is 24.8 Å². The quantitative estimate of drug-likeness (QED) is 0.179.